The molecule has 0 aromatic carbocycles. The minimum Gasteiger partial charge on any atom is -0.329 e. The first kappa shape index (κ1) is 13.5. The summed E-state index contributed by atoms with van der Waals surface area (Å²) >= 11 is 0. The zero-order valence-corrected chi connectivity index (χ0v) is 11.4. The van der Waals surface area contributed by atoms with Crippen LogP contribution in [-0.2, 0) is 6.54 Å². The lowest BCUT2D eigenvalue weighted by molar-refractivity contribution is 0.141. The van der Waals surface area contributed by atoms with Crippen LogP contribution in [0.2, 0.25) is 0 Å². The van der Waals surface area contributed by atoms with E-state index in [4.69, 9.17) is 5.73 Å². The molecule has 1 heterocycles. The van der Waals surface area contributed by atoms with Gasteiger partial charge in [0.15, 0.2) is 0 Å². The summed E-state index contributed by atoms with van der Waals surface area (Å²) in [6.45, 7) is 1.66. The lowest BCUT2D eigenvalue weighted by Crippen LogP contribution is -2.43. The van der Waals surface area contributed by atoms with Crippen LogP contribution in [0, 0.1) is 5.92 Å². The van der Waals surface area contributed by atoms with Crippen molar-refractivity contribution in [2.45, 2.75) is 44.7 Å². The highest BCUT2D eigenvalue weighted by Crippen LogP contribution is 2.28. The molecule has 1 aromatic rings. The van der Waals surface area contributed by atoms with Gasteiger partial charge >= 0.3 is 0 Å². The molecule has 3 nitrogen and oxygen atoms in total. The first-order valence-electron chi connectivity index (χ1n) is 7.11. The molecule has 2 rings (SSSR count). The summed E-state index contributed by atoms with van der Waals surface area (Å²) in [5.41, 5.74) is 7.13. The third kappa shape index (κ3) is 3.53. The number of aromatic nitrogens is 1. The summed E-state index contributed by atoms with van der Waals surface area (Å²) in [5.74, 6) is 0.775. The van der Waals surface area contributed by atoms with Crippen molar-refractivity contribution < 1.29 is 0 Å². The molecule has 0 amide bonds. The Morgan fingerprint density at radius 2 is 2.11 bits per heavy atom. The third-order valence-electron chi connectivity index (χ3n) is 4.14. The summed E-state index contributed by atoms with van der Waals surface area (Å²) in [6, 6.07) is 6.61. The van der Waals surface area contributed by atoms with E-state index in [2.05, 4.69) is 23.0 Å². The summed E-state index contributed by atoms with van der Waals surface area (Å²) < 4.78 is 0. The van der Waals surface area contributed by atoms with Crippen molar-refractivity contribution in [1.29, 1.82) is 0 Å². The van der Waals surface area contributed by atoms with E-state index in [1.54, 1.807) is 0 Å². The number of nitrogens with two attached hydrogens (primary N) is 1. The predicted molar refractivity (Wildman–Crippen MR) is 75.1 cm³/mol. The van der Waals surface area contributed by atoms with Crippen molar-refractivity contribution in [2.24, 2.45) is 11.7 Å². The summed E-state index contributed by atoms with van der Waals surface area (Å²) in [6.07, 6.45) is 8.69. The molecular formula is C15H25N3. The number of rotatable bonds is 5. The highest BCUT2D eigenvalue weighted by molar-refractivity contribution is 5.03. The maximum atomic E-state index is 6.00. The van der Waals surface area contributed by atoms with Gasteiger partial charge in [-0.1, -0.05) is 25.3 Å². The monoisotopic (exact) mass is 247 g/mol. The van der Waals surface area contributed by atoms with Crippen LogP contribution in [0.25, 0.3) is 0 Å². The molecule has 1 unspecified atom stereocenters. The van der Waals surface area contributed by atoms with Gasteiger partial charge in [-0.25, -0.2) is 0 Å². The highest BCUT2D eigenvalue weighted by atomic mass is 15.1. The van der Waals surface area contributed by atoms with Gasteiger partial charge in [-0.05, 0) is 37.9 Å². The number of likely N-dealkylation sites (N-methyl/N-ethyl adjacent to an activating group) is 1. The van der Waals surface area contributed by atoms with E-state index in [1.807, 2.05) is 18.3 Å². The Morgan fingerprint density at radius 1 is 1.33 bits per heavy atom. The molecule has 18 heavy (non-hydrogen) atoms. The van der Waals surface area contributed by atoms with Crippen molar-refractivity contribution in [3.63, 3.8) is 0 Å². The molecule has 1 fully saturated rings. The molecule has 100 valence electrons. The van der Waals surface area contributed by atoms with Crippen LogP contribution >= 0.6 is 0 Å². The number of hydrogen-bond acceptors (Lipinski definition) is 3. The second-order valence-electron chi connectivity index (χ2n) is 5.44. The lowest BCUT2D eigenvalue weighted by Gasteiger charge is -2.35. The third-order valence-corrected chi connectivity index (χ3v) is 4.14. The number of nitrogens with zero attached hydrogens (tertiary/aromatic N) is 2. The molecule has 1 aliphatic carbocycles. The van der Waals surface area contributed by atoms with Gasteiger partial charge < -0.3 is 5.73 Å². The Morgan fingerprint density at radius 3 is 2.72 bits per heavy atom. The number of pyridine rings is 1. The largest absolute Gasteiger partial charge is 0.329 e. The van der Waals surface area contributed by atoms with Crippen LogP contribution < -0.4 is 5.73 Å². The van der Waals surface area contributed by atoms with Crippen LogP contribution in [-0.4, -0.2) is 29.5 Å². The maximum Gasteiger partial charge on any atom is 0.0543 e. The van der Waals surface area contributed by atoms with E-state index < -0.39 is 0 Å². The number of hydrogen-bond donors (Lipinski definition) is 1. The molecule has 1 aromatic heterocycles. The molecular weight excluding hydrogens is 222 g/mol. The second kappa shape index (κ2) is 6.86. The summed E-state index contributed by atoms with van der Waals surface area (Å²) in [7, 11) is 2.18. The SMILES string of the molecule is CN(Cc1ccccn1)C(CN)C1CCCCC1. The second-order valence-corrected chi connectivity index (χ2v) is 5.44. The zero-order chi connectivity index (χ0) is 12.8. The van der Waals surface area contributed by atoms with E-state index in [9.17, 15) is 0 Å². The van der Waals surface area contributed by atoms with E-state index in [0.29, 0.717) is 6.04 Å². The normalized spacial score (nSPS) is 19.1. The molecule has 1 atom stereocenters. The van der Waals surface area contributed by atoms with E-state index in [0.717, 1.165) is 24.7 Å². The minimum absolute atomic E-state index is 0.507. The molecule has 0 radical (unpaired) electrons. The van der Waals surface area contributed by atoms with Gasteiger partial charge in [0.05, 0.1) is 5.69 Å². The molecule has 0 aliphatic heterocycles. The minimum atomic E-state index is 0.507. The molecule has 2 N–H and O–H groups in total. The highest BCUT2D eigenvalue weighted by Gasteiger charge is 2.25. The van der Waals surface area contributed by atoms with Crippen LogP contribution in [0.4, 0.5) is 0 Å². The van der Waals surface area contributed by atoms with Gasteiger partial charge in [0.1, 0.15) is 0 Å². The average molecular weight is 247 g/mol. The van der Waals surface area contributed by atoms with Crippen molar-refractivity contribution in [3.05, 3.63) is 30.1 Å². The van der Waals surface area contributed by atoms with E-state index >= 15 is 0 Å². The topological polar surface area (TPSA) is 42.2 Å². The van der Waals surface area contributed by atoms with Crippen LogP contribution in [0.3, 0.4) is 0 Å². The van der Waals surface area contributed by atoms with Gasteiger partial charge in [-0.15, -0.1) is 0 Å². The Bertz CT molecular complexity index is 333. The van der Waals surface area contributed by atoms with E-state index in [-0.39, 0.29) is 0 Å². The van der Waals surface area contributed by atoms with Gasteiger partial charge in [-0.2, -0.15) is 0 Å². The van der Waals surface area contributed by atoms with E-state index in [1.165, 1.54) is 32.1 Å². The maximum absolute atomic E-state index is 6.00. The first-order valence-corrected chi connectivity index (χ1v) is 7.11. The van der Waals surface area contributed by atoms with Crippen LogP contribution in [0.1, 0.15) is 37.8 Å². The average Bonchev–Trinajstić information content (AvgIpc) is 2.42. The van der Waals surface area contributed by atoms with Gasteiger partial charge in [0.2, 0.25) is 0 Å². The van der Waals surface area contributed by atoms with Crippen molar-refractivity contribution in [2.75, 3.05) is 13.6 Å². The summed E-state index contributed by atoms with van der Waals surface area (Å²) in [5, 5.41) is 0. The zero-order valence-electron chi connectivity index (χ0n) is 11.4. The van der Waals surface area contributed by atoms with Crippen molar-refractivity contribution >= 4 is 0 Å². The molecule has 1 aliphatic rings. The predicted octanol–water partition coefficient (Wildman–Crippen LogP) is 2.42. The first-order chi connectivity index (χ1) is 8.81. The Labute approximate surface area is 110 Å². The fourth-order valence-electron chi connectivity index (χ4n) is 3.12. The van der Waals surface area contributed by atoms with Crippen LogP contribution in [0.15, 0.2) is 24.4 Å². The molecule has 1 saturated carbocycles. The van der Waals surface area contributed by atoms with Crippen molar-refractivity contribution in [1.82, 2.24) is 9.88 Å². The van der Waals surface area contributed by atoms with Gasteiger partial charge in [-0.3, -0.25) is 9.88 Å². The molecule has 0 spiro atoms. The van der Waals surface area contributed by atoms with Crippen LogP contribution in [0.5, 0.6) is 0 Å². The standard InChI is InChI=1S/C15H25N3/c1-18(12-14-9-5-6-10-17-14)15(11-16)13-7-3-2-4-8-13/h5-6,9-10,13,15H,2-4,7-8,11-12,16H2,1H3. The van der Waals surface area contributed by atoms with Gasteiger partial charge in [0.25, 0.3) is 0 Å². The fraction of sp³-hybridized carbons (Fsp3) is 0.667. The smallest absolute Gasteiger partial charge is 0.0543 e. The molecule has 3 heteroatoms. The Hall–Kier alpha value is -0.930. The molecule has 0 bridgehead atoms. The van der Waals surface area contributed by atoms with Gasteiger partial charge in [0, 0.05) is 25.3 Å². The molecule has 0 saturated heterocycles. The summed E-state index contributed by atoms with van der Waals surface area (Å²) in [4.78, 5) is 6.79. The Balaban J connectivity index is 1.94. The van der Waals surface area contributed by atoms with Crippen molar-refractivity contribution in [3.8, 4) is 0 Å². The lowest BCUT2D eigenvalue weighted by atomic mass is 9.83. The quantitative estimate of drug-likeness (QED) is 0.869. The Kier molecular flexibility index (Phi) is 5.14. The fourth-order valence-corrected chi connectivity index (χ4v) is 3.12.